The van der Waals surface area contributed by atoms with Gasteiger partial charge in [0.25, 0.3) is 0 Å². The number of hydrogen-bond acceptors (Lipinski definition) is 6. The van der Waals surface area contributed by atoms with Gasteiger partial charge in [0, 0.05) is 36.8 Å². The van der Waals surface area contributed by atoms with Crippen LogP contribution >= 0.6 is 11.6 Å². The molecule has 7 nitrogen and oxygen atoms in total. The highest BCUT2D eigenvalue weighted by Crippen LogP contribution is 2.22. The number of hydrogen-bond donors (Lipinski definition) is 0. The van der Waals surface area contributed by atoms with Gasteiger partial charge < -0.3 is 4.42 Å². The van der Waals surface area contributed by atoms with Gasteiger partial charge in [-0.1, -0.05) is 11.6 Å². The van der Waals surface area contributed by atoms with Gasteiger partial charge in [0.15, 0.2) is 0 Å². The first kappa shape index (κ1) is 20.0. The fourth-order valence-corrected chi connectivity index (χ4v) is 4.65. The summed E-state index contributed by atoms with van der Waals surface area (Å²) >= 11 is 5.84. The van der Waals surface area contributed by atoms with Crippen LogP contribution in [-0.2, 0) is 16.6 Å². The Balaban J connectivity index is 1.37. The maximum atomic E-state index is 13.0. The first-order chi connectivity index (χ1) is 13.9. The summed E-state index contributed by atoms with van der Waals surface area (Å²) in [6.45, 7) is 2.24. The first-order valence-corrected chi connectivity index (χ1v) is 10.8. The summed E-state index contributed by atoms with van der Waals surface area (Å²) in [5.74, 6) is 0.419. The zero-order chi connectivity index (χ0) is 20.4. The number of sulfonamides is 1. The molecular weight excluding hydrogens is 419 g/mol. The number of aromatic nitrogens is 2. The molecule has 0 spiro atoms. The molecule has 1 saturated heterocycles. The van der Waals surface area contributed by atoms with Gasteiger partial charge in [0.2, 0.25) is 21.8 Å². The molecule has 1 aliphatic heterocycles. The number of piperazine rings is 1. The Labute approximate surface area is 172 Å². The zero-order valence-corrected chi connectivity index (χ0v) is 16.9. The number of halogens is 2. The van der Waals surface area contributed by atoms with E-state index in [9.17, 15) is 12.8 Å². The molecule has 4 rings (SSSR count). The van der Waals surface area contributed by atoms with Crippen molar-refractivity contribution in [2.75, 3.05) is 26.2 Å². The molecular formula is C19H18ClFN4O3S. The lowest BCUT2D eigenvalue weighted by atomic mass is 10.2. The summed E-state index contributed by atoms with van der Waals surface area (Å²) in [4.78, 5) is 2.28. The average Bonchev–Trinajstić information content (AvgIpc) is 3.18. The van der Waals surface area contributed by atoms with Gasteiger partial charge in [0.05, 0.1) is 11.4 Å². The molecule has 2 heterocycles. The SMILES string of the molecule is O=S(=O)(c1ccc(Cl)cc1)N1CCN(Cc2nnc(-c3ccc(F)cc3)o2)CC1. The summed E-state index contributed by atoms with van der Waals surface area (Å²) in [6, 6.07) is 12.0. The second-order valence-electron chi connectivity index (χ2n) is 6.64. The first-order valence-electron chi connectivity index (χ1n) is 8.98. The second-order valence-corrected chi connectivity index (χ2v) is 9.02. The van der Waals surface area contributed by atoms with Crippen LogP contribution in [0.3, 0.4) is 0 Å². The highest BCUT2D eigenvalue weighted by atomic mass is 35.5. The van der Waals surface area contributed by atoms with E-state index in [-0.39, 0.29) is 10.7 Å². The van der Waals surface area contributed by atoms with E-state index in [0.717, 1.165) is 0 Å². The highest BCUT2D eigenvalue weighted by Gasteiger charge is 2.29. The molecule has 2 aromatic carbocycles. The molecule has 0 radical (unpaired) electrons. The molecule has 29 heavy (non-hydrogen) atoms. The topological polar surface area (TPSA) is 79.5 Å². The Kier molecular flexibility index (Phi) is 5.64. The van der Waals surface area contributed by atoms with Crippen LogP contribution in [-0.4, -0.2) is 54.0 Å². The molecule has 10 heteroatoms. The van der Waals surface area contributed by atoms with E-state index in [0.29, 0.717) is 55.1 Å². The predicted octanol–water partition coefficient (Wildman–Crippen LogP) is 3.04. The summed E-state index contributed by atoms with van der Waals surface area (Å²) in [5, 5.41) is 8.53. The molecule has 0 unspecified atom stereocenters. The lowest BCUT2D eigenvalue weighted by molar-refractivity contribution is 0.168. The van der Waals surface area contributed by atoms with Gasteiger partial charge in [-0.3, -0.25) is 4.90 Å². The third-order valence-corrected chi connectivity index (χ3v) is 6.86. The molecule has 1 fully saturated rings. The molecule has 0 amide bonds. The van der Waals surface area contributed by atoms with Gasteiger partial charge in [0.1, 0.15) is 5.82 Å². The van der Waals surface area contributed by atoms with E-state index < -0.39 is 10.0 Å². The lowest BCUT2D eigenvalue weighted by Crippen LogP contribution is -2.48. The Bertz CT molecular complexity index is 1080. The highest BCUT2D eigenvalue weighted by molar-refractivity contribution is 7.89. The van der Waals surface area contributed by atoms with Crippen molar-refractivity contribution in [3.05, 3.63) is 65.3 Å². The minimum atomic E-state index is -3.54. The van der Waals surface area contributed by atoms with E-state index in [2.05, 4.69) is 15.1 Å². The van der Waals surface area contributed by atoms with Crippen LogP contribution in [0.4, 0.5) is 4.39 Å². The predicted molar refractivity (Wildman–Crippen MR) is 105 cm³/mol. The molecule has 1 aromatic heterocycles. The fourth-order valence-electron chi connectivity index (χ4n) is 3.10. The zero-order valence-electron chi connectivity index (χ0n) is 15.3. The molecule has 152 valence electrons. The maximum Gasteiger partial charge on any atom is 0.247 e. The van der Waals surface area contributed by atoms with Crippen LogP contribution in [0.2, 0.25) is 5.02 Å². The van der Waals surface area contributed by atoms with Crippen molar-refractivity contribution in [1.29, 1.82) is 0 Å². The molecule has 1 aliphatic rings. The van der Waals surface area contributed by atoms with E-state index in [4.69, 9.17) is 16.0 Å². The number of nitrogens with zero attached hydrogens (tertiary/aromatic N) is 4. The Hall–Kier alpha value is -2.33. The molecule has 0 atom stereocenters. The Morgan fingerprint density at radius 2 is 1.62 bits per heavy atom. The van der Waals surface area contributed by atoms with Gasteiger partial charge >= 0.3 is 0 Å². The second kappa shape index (κ2) is 8.19. The monoisotopic (exact) mass is 436 g/mol. The average molecular weight is 437 g/mol. The normalized spacial score (nSPS) is 16.2. The maximum absolute atomic E-state index is 13.0. The molecule has 0 aliphatic carbocycles. The van der Waals surface area contributed by atoms with Crippen molar-refractivity contribution < 1.29 is 17.2 Å². The molecule has 0 bridgehead atoms. The Morgan fingerprint density at radius 1 is 0.966 bits per heavy atom. The van der Waals surface area contributed by atoms with Crippen LogP contribution in [0.25, 0.3) is 11.5 Å². The van der Waals surface area contributed by atoms with Gasteiger partial charge in [-0.25, -0.2) is 12.8 Å². The van der Waals surface area contributed by atoms with Crippen LogP contribution in [0.15, 0.2) is 57.8 Å². The van der Waals surface area contributed by atoms with Crippen molar-refractivity contribution in [1.82, 2.24) is 19.4 Å². The standard InChI is InChI=1S/C19H18ClFN4O3S/c20-15-3-7-17(8-4-15)29(26,27)25-11-9-24(10-12-25)13-18-22-23-19(28-18)14-1-5-16(21)6-2-14/h1-8H,9-13H2. The molecule has 3 aromatic rings. The summed E-state index contributed by atoms with van der Waals surface area (Å²) in [6.07, 6.45) is 0. The van der Waals surface area contributed by atoms with Crippen molar-refractivity contribution in [3.8, 4) is 11.5 Å². The van der Waals surface area contributed by atoms with E-state index >= 15 is 0 Å². The lowest BCUT2D eigenvalue weighted by Gasteiger charge is -2.33. The largest absolute Gasteiger partial charge is 0.419 e. The van der Waals surface area contributed by atoms with Gasteiger partial charge in [-0.05, 0) is 48.5 Å². The van der Waals surface area contributed by atoms with Crippen molar-refractivity contribution in [3.63, 3.8) is 0 Å². The fraction of sp³-hybridized carbons (Fsp3) is 0.263. The third kappa shape index (κ3) is 4.48. The molecule has 0 saturated carbocycles. The quantitative estimate of drug-likeness (QED) is 0.611. The van der Waals surface area contributed by atoms with E-state index in [1.807, 2.05) is 0 Å². The molecule has 0 N–H and O–H groups in total. The van der Waals surface area contributed by atoms with Crippen LogP contribution in [0.1, 0.15) is 5.89 Å². The Morgan fingerprint density at radius 3 is 2.28 bits per heavy atom. The smallest absolute Gasteiger partial charge is 0.247 e. The summed E-state index contributed by atoms with van der Waals surface area (Å²) in [7, 11) is -3.54. The van der Waals surface area contributed by atoms with E-state index in [1.165, 1.54) is 28.6 Å². The minimum Gasteiger partial charge on any atom is -0.419 e. The van der Waals surface area contributed by atoms with Crippen molar-refractivity contribution in [2.45, 2.75) is 11.4 Å². The van der Waals surface area contributed by atoms with Crippen molar-refractivity contribution in [2.24, 2.45) is 0 Å². The summed E-state index contributed by atoms with van der Waals surface area (Å²) < 4.78 is 45.6. The van der Waals surface area contributed by atoms with Crippen LogP contribution in [0.5, 0.6) is 0 Å². The summed E-state index contributed by atoms with van der Waals surface area (Å²) in [5.41, 5.74) is 0.643. The van der Waals surface area contributed by atoms with Crippen LogP contribution in [0, 0.1) is 5.82 Å². The van der Waals surface area contributed by atoms with Gasteiger partial charge in [-0.2, -0.15) is 4.31 Å². The third-order valence-electron chi connectivity index (χ3n) is 4.70. The van der Waals surface area contributed by atoms with Crippen molar-refractivity contribution >= 4 is 21.6 Å². The van der Waals surface area contributed by atoms with Crippen LogP contribution < -0.4 is 0 Å². The van der Waals surface area contributed by atoms with E-state index in [1.54, 1.807) is 24.3 Å². The van der Waals surface area contributed by atoms with Gasteiger partial charge in [-0.15, -0.1) is 10.2 Å². The number of rotatable bonds is 5. The number of benzene rings is 2. The minimum absolute atomic E-state index is 0.233.